The molecular weight excluding hydrogens is 166 g/mol. The lowest BCUT2D eigenvalue weighted by molar-refractivity contribution is 0.358. The van der Waals surface area contributed by atoms with Crippen molar-refractivity contribution in [3.05, 3.63) is 0 Å². The molecule has 74 valence electrons. The summed E-state index contributed by atoms with van der Waals surface area (Å²) in [6.45, 7) is 6.58. The van der Waals surface area contributed by atoms with Gasteiger partial charge >= 0.3 is 0 Å². The topological polar surface area (TPSA) is 12.0 Å². The highest BCUT2D eigenvalue weighted by Crippen LogP contribution is 2.49. The maximum absolute atomic E-state index is 3.53. The summed E-state index contributed by atoms with van der Waals surface area (Å²) in [6.07, 6.45) is 7.61. The Bertz CT molecular complexity index is 92.0. The number of rotatable bonds is 0. The van der Waals surface area contributed by atoms with Crippen molar-refractivity contribution in [3.63, 3.8) is 0 Å². The molecule has 0 amide bonds. The Balaban J connectivity index is 0.000000269. The molecule has 0 aromatic carbocycles. The second-order valence-corrected chi connectivity index (χ2v) is 3.28. The van der Waals surface area contributed by atoms with E-state index >= 15 is 0 Å². The first-order valence-electron chi connectivity index (χ1n) is 5.07. The van der Waals surface area contributed by atoms with E-state index in [0.717, 1.165) is 5.41 Å². The summed E-state index contributed by atoms with van der Waals surface area (Å²) >= 11 is 3.53. The predicted octanol–water partition coefficient (Wildman–Crippen LogP) is 2.72. The van der Waals surface area contributed by atoms with E-state index in [1.165, 1.54) is 38.8 Å². The Labute approximate surface area is 82.7 Å². The zero-order valence-electron chi connectivity index (χ0n) is 8.69. The summed E-state index contributed by atoms with van der Waals surface area (Å²) in [5, 5.41) is 3.44. The molecule has 2 heteroatoms. The van der Waals surface area contributed by atoms with E-state index in [1.807, 2.05) is 13.8 Å². The van der Waals surface area contributed by atoms with Crippen LogP contribution in [0.5, 0.6) is 0 Å². The van der Waals surface area contributed by atoms with Gasteiger partial charge in [-0.05, 0) is 43.9 Å². The minimum Gasteiger partial charge on any atom is -0.316 e. The molecule has 0 bridgehead atoms. The van der Waals surface area contributed by atoms with Crippen LogP contribution in [0.4, 0.5) is 0 Å². The molecular formula is C10H23NS. The lowest BCUT2D eigenvalue weighted by Crippen LogP contribution is -2.30. The predicted molar refractivity (Wildman–Crippen MR) is 60.0 cm³/mol. The first kappa shape index (κ1) is 12.3. The van der Waals surface area contributed by atoms with E-state index in [-0.39, 0.29) is 0 Å². The van der Waals surface area contributed by atoms with Gasteiger partial charge in [-0.25, -0.2) is 0 Å². The number of piperidine rings is 1. The van der Waals surface area contributed by atoms with Gasteiger partial charge in [0.25, 0.3) is 0 Å². The molecule has 0 atom stereocenters. The minimum absolute atomic E-state index is 0.818. The van der Waals surface area contributed by atoms with Gasteiger partial charge in [0.05, 0.1) is 0 Å². The third-order valence-corrected chi connectivity index (χ3v) is 2.52. The van der Waals surface area contributed by atoms with Crippen LogP contribution in [-0.4, -0.2) is 19.3 Å². The largest absolute Gasteiger partial charge is 0.316 e. The highest BCUT2D eigenvalue weighted by Gasteiger charge is 2.42. The van der Waals surface area contributed by atoms with E-state index in [4.69, 9.17) is 0 Å². The maximum atomic E-state index is 3.53. The Hall–Kier alpha value is 0.310. The second kappa shape index (κ2) is 6.79. The fourth-order valence-corrected chi connectivity index (χ4v) is 1.63. The maximum Gasteiger partial charge on any atom is 0.000782 e. The molecule has 2 aliphatic rings. The summed E-state index contributed by atoms with van der Waals surface area (Å²) < 4.78 is 0. The molecule has 2 fully saturated rings. The van der Waals surface area contributed by atoms with Crippen LogP contribution in [0.25, 0.3) is 0 Å². The van der Waals surface area contributed by atoms with E-state index in [0.29, 0.717) is 0 Å². The van der Waals surface area contributed by atoms with Crippen LogP contribution in [-0.2, 0) is 0 Å². The van der Waals surface area contributed by atoms with E-state index in [2.05, 4.69) is 17.9 Å². The van der Waals surface area contributed by atoms with Crippen LogP contribution in [0.15, 0.2) is 0 Å². The molecule has 1 N–H and O–H groups in total. The molecule has 1 aliphatic carbocycles. The molecule has 1 saturated heterocycles. The van der Waals surface area contributed by atoms with Crippen molar-refractivity contribution in [1.29, 1.82) is 0 Å². The standard InChI is InChI=1S/C7H13N.C2H6.CH4S/c1-2-7(3-4-7)6-8-5-1;2*1-2/h8H,1-6H2;1-2H3;2H,1H3. The van der Waals surface area contributed by atoms with Crippen molar-refractivity contribution in [3.8, 4) is 0 Å². The van der Waals surface area contributed by atoms with Crippen LogP contribution in [0.2, 0.25) is 0 Å². The fraction of sp³-hybridized carbons (Fsp3) is 1.00. The highest BCUT2D eigenvalue weighted by atomic mass is 32.1. The molecule has 1 aliphatic heterocycles. The smallest absolute Gasteiger partial charge is 0.000782 e. The third-order valence-electron chi connectivity index (χ3n) is 2.52. The summed E-state index contributed by atoms with van der Waals surface area (Å²) in [6, 6.07) is 0. The quantitative estimate of drug-likeness (QED) is 0.558. The summed E-state index contributed by atoms with van der Waals surface area (Å²) in [5.41, 5.74) is 0.818. The molecule has 0 aromatic rings. The second-order valence-electron chi connectivity index (χ2n) is 3.28. The van der Waals surface area contributed by atoms with Crippen molar-refractivity contribution in [1.82, 2.24) is 5.32 Å². The molecule has 12 heavy (non-hydrogen) atoms. The molecule has 0 unspecified atom stereocenters. The first-order valence-corrected chi connectivity index (χ1v) is 5.96. The molecule has 2 rings (SSSR count). The zero-order chi connectivity index (χ0) is 9.45. The average Bonchev–Trinajstić information content (AvgIpc) is 2.93. The highest BCUT2D eigenvalue weighted by molar-refractivity contribution is 7.79. The molecule has 1 spiro atoms. The lowest BCUT2D eigenvalue weighted by atomic mass is 9.97. The van der Waals surface area contributed by atoms with Gasteiger partial charge in [-0.15, -0.1) is 0 Å². The van der Waals surface area contributed by atoms with E-state index in [1.54, 1.807) is 6.26 Å². The normalized spacial score (nSPS) is 23.0. The van der Waals surface area contributed by atoms with Gasteiger partial charge in [-0.3, -0.25) is 0 Å². The van der Waals surface area contributed by atoms with Crippen LogP contribution in [0.3, 0.4) is 0 Å². The number of nitrogens with one attached hydrogen (secondary N) is 1. The summed E-state index contributed by atoms with van der Waals surface area (Å²) in [5.74, 6) is 0. The number of hydrogen-bond acceptors (Lipinski definition) is 2. The molecule has 0 radical (unpaired) electrons. The summed E-state index contributed by atoms with van der Waals surface area (Å²) in [4.78, 5) is 0. The molecule has 1 saturated carbocycles. The lowest BCUT2D eigenvalue weighted by Gasteiger charge is -2.21. The Morgan fingerprint density at radius 1 is 1.08 bits per heavy atom. The van der Waals surface area contributed by atoms with Gasteiger partial charge in [0.15, 0.2) is 0 Å². The van der Waals surface area contributed by atoms with Gasteiger partial charge < -0.3 is 5.32 Å². The van der Waals surface area contributed by atoms with Gasteiger partial charge in [0, 0.05) is 6.54 Å². The number of hydrogen-bond donors (Lipinski definition) is 2. The van der Waals surface area contributed by atoms with Crippen LogP contribution < -0.4 is 5.32 Å². The van der Waals surface area contributed by atoms with Crippen molar-refractivity contribution in [2.24, 2.45) is 5.41 Å². The van der Waals surface area contributed by atoms with Crippen LogP contribution >= 0.6 is 12.6 Å². The average molecular weight is 189 g/mol. The van der Waals surface area contributed by atoms with Crippen LogP contribution in [0, 0.1) is 5.41 Å². The minimum atomic E-state index is 0.818. The van der Waals surface area contributed by atoms with Crippen molar-refractivity contribution in [2.75, 3.05) is 19.3 Å². The van der Waals surface area contributed by atoms with Gasteiger partial charge in [0.2, 0.25) is 0 Å². The summed E-state index contributed by atoms with van der Waals surface area (Å²) in [7, 11) is 0. The zero-order valence-corrected chi connectivity index (χ0v) is 9.58. The van der Waals surface area contributed by atoms with Crippen molar-refractivity contribution < 1.29 is 0 Å². The van der Waals surface area contributed by atoms with E-state index in [9.17, 15) is 0 Å². The van der Waals surface area contributed by atoms with Crippen LogP contribution in [0.1, 0.15) is 39.5 Å². The van der Waals surface area contributed by atoms with Crippen molar-refractivity contribution >= 4 is 12.6 Å². The number of thiol groups is 1. The van der Waals surface area contributed by atoms with Gasteiger partial charge in [-0.2, -0.15) is 12.6 Å². The van der Waals surface area contributed by atoms with Crippen molar-refractivity contribution in [2.45, 2.75) is 39.5 Å². The van der Waals surface area contributed by atoms with E-state index < -0.39 is 0 Å². The van der Waals surface area contributed by atoms with Gasteiger partial charge in [-0.1, -0.05) is 13.8 Å². The van der Waals surface area contributed by atoms with Gasteiger partial charge in [0.1, 0.15) is 0 Å². The monoisotopic (exact) mass is 189 g/mol. The first-order chi connectivity index (χ1) is 5.91. The molecule has 1 heterocycles. The molecule has 0 aromatic heterocycles. The Morgan fingerprint density at radius 3 is 1.92 bits per heavy atom. The third kappa shape index (κ3) is 3.81. The Morgan fingerprint density at radius 2 is 1.67 bits per heavy atom. The fourth-order valence-electron chi connectivity index (χ4n) is 1.63. The Kier molecular flexibility index (Phi) is 6.96. The molecule has 1 nitrogen and oxygen atoms in total. The SMILES string of the molecule is C1CNCC2(C1)CC2.CC.CS.